The molecule has 0 spiro atoms. The van der Waals surface area contributed by atoms with Gasteiger partial charge in [-0.25, -0.2) is 9.97 Å². The van der Waals surface area contributed by atoms with E-state index in [9.17, 15) is 0 Å². The smallest absolute Gasteiger partial charge is 0.228 e. The molecule has 5 nitrogen and oxygen atoms in total. The number of para-hydroxylation sites is 2. The second-order valence-electron chi connectivity index (χ2n) is 9.90. The van der Waals surface area contributed by atoms with Gasteiger partial charge in [0, 0.05) is 22.7 Å². The van der Waals surface area contributed by atoms with Crippen molar-refractivity contribution in [3.63, 3.8) is 0 Å². The Labute approximate surface area is 214 Å². The van der Waals surface area contributed by atoms with Crippen LogP contribution < -0.4 is 10.6 Å². The molecule has 1 aromatic heterocycles. The number of rotatable bonds is 7. The molecule has 1 fully saturated rings. The van der Waals surface area contributed by atoms with Crippen molar-refractivity contribution in [2.75, 3.05) is 30.8 Å². The summed E-state index contributed by atoms with van der Waals surface area (Å²) in [7, 11) is 2.19. The highest BCUT2D eigenvalue weighted by molar-refractivity contribution is 5.83. The molecule has 1 saturated heterocycles. The third-order valence-corrected chi connectivity index (χ3v) is 7.28. The van der Waals surface area contributed by atoms with E-state index in [1.807, 2.05) is 12.1 Å². The molecule has 0 saturated carbocycles. The molecular formula is C31H35N5. The summed E-state index contributed by atoms with van der Waals surface area (Å²) in [5, 5.41) is 8.27. The topological polar surface area (TPSA) is 53.1 Å². The van der Waals surface area contributed by atoms with Crippen molar-refractivity contribution in [3.8, 4) is 0 Å². The van der Waals surface area contributed by atoms with Crippen LogP contribution in [0.4, 0.5) is 17.3 Å². The maximum Gasteiger partial charge on any atom is 0.228 e. The van der Waals surface area contributed by atoms with E-state index in [0.717, 1.165) is 54.1 Å². The molecule has 5 rings (SSSR count). The average Bonchev–Trinajstić information content (AvgIpc) is 2.89. The zero-order valence-electron chi connectivity index (χ0n) is 21.5. The van der Waals surface area contributed by atoms with Gasteiger partial charge in [0.1, 0.15) is 0 Å². The number of anilines is 3. The number of nitrogens with one attached hydrogen (secondary N) is 2. The molecule has 2 N–H and O–H groups in total. The van der Waals surface area contributed by atoms with Crippen LogP contribution in [0.2, 0.25) is 0 Å². The largest absolute Gasteiger partial charge is 0.374 e. The Morgan fingerprint density at radius 2 is 1.61 bits per heavy atom. The van der Waals surface area contributed by atoms with Crippen molar-refractivity contribution in [2.24, 2.45) is 0 Å². The summed E-state index contributed by atoms with van der Waals surface area (Å²) in [5.74, 6) is 1.12. The summed E-state index contributed by atoms with van der Waals surface area (Å²) in [5.41, 5.74) is 7.91. The monoisotopic (exact) mass is 477 g/mol. The van der Waals surface area contributed by atoms with E-state index < -0.39 is 0 Å². The van der Waals surface area contributed by atoms with Crippen LogP contribution >= 0.6 is 0 Å². The van der Waals surface area contributed by atoms with E-state index in [1.54, 1.807) is 0 Å². The Morgan fingerprint density at radius 3 is 2.31 bits per heavy atom. The van der Waals surface area contributed by atoms with Gasteiger partial charge in [0.2, 0.25) is 5.95 Å². The van der Waals surface area contributed by atoms with Crippen LogP contribution in [-0.4, -0.2) is 35.0 Å². The molecule has 1 aliphatic heterocycles. The van der Waals surface area contributed by atoms with Crippen molar-refractivity contribution in [1.82, 2.24) is 14.9 Å². The molecule has 36 heavy (non-hydrogen) atoms. The predicted molar refractivity (Wildman–Crippen MR) is 151 cm³/mol. The highest BCUT2D eigenvalue weighted by Crippen LogP contribution is 2.32. The van der Waals surface area contributed by atoms with Crippen molar-refractivity contribution < 1.29 is 0 Å². The van der Waals surface area contributed by atoms with Crippen LogP contribution in [0.25, 0.3) is 10.9 Å². The summed E-state index contributed by atoms with van der Waals surface area (Å²) < 4.78 is 0. The molecule has 1 unspecified atom stereocenters. The fraction of sp³-hybridized carbons (Fsp3) is 0.290. The number of piperidine rings is 1. The summed E-state index contributed by atoms with van der Waals surface area (Å²) in [4.78, 5) is 12.2. The Balaban J connectivity index is 1.37. The fourth-order valence-electron chi connectivity index (χ4n) is 5.13. The minimum absolute atomic E-state index is 0.0202. The van der Waals surface area contributed by atoms with Gasteiger partial charge in [0.05, 0.1) is 17.3 Å². The highest BCUT2D eigenvalue weighted by atomic mass is 15.1. The number of nitrogens with zero attached hydrogens (tertiary/aromatic N) is 3. The van der Waals surface area contributed by atoms with Gasteiger partial charge < -0.3 is 15.5 Å². The molecule has 5 heteroatoms. The molecule has 0 aliphatic carbocycles. The Kier molecular flexibility index (Phi) is 7.01. The number of aromatic nitrogens is 2. The first-order valence-corrected chi connectivity index (χ1v) is 12.8. The first-order chi connectivity index (χ1) is 17.5. The second-order valence-corrected chi connectivity index (χ2v) is 9.90. The van der Waals surface area contributed by atoms with Crippen molar-refractivity contribution in [1.29, 1.82) is 0 Å². The first-order valence-electron chi connectivity index (χ1n) is 12.8. The minimum atomic E-state index is 0.0202. The maximum atomic E-state index is 5.02. The Hall–Kier alpha value is -3.70. The van der Waals surface area contributed by atoms with Crippen LogP contribution in [0.3, 0.4) is 0 Å². The number of likely N-dealkylation sites (tertiary alicyclic amines) is 1. The van der Waals surface area contributed by atoms with Crippen molar-refractivity contribution >= 4 is 28.2 Å². The lowest BCUT2D eigenvalue weighted by molar-refractivity contribution is 0.254. The van der Waals surface area contributed by atoms with Gasteiger partial charge in [-0.05, 0) is 81.7 Å². The van der Waals surface area contributed by atoms with Gasteiger partial charge in [0.25, 0.3) is 0 Å². The maximum absolute atomic E-state index is 5.02. The van der Waals surface area contributed by atoms with Crippen molar-refractivity contribution in [2.45, 2.75) is 38.6 Å². The molecule has 0 bridgehead atoms. The second kappa shape index (κ2) is 10.5. The van der Waals surface area contributed by atoms with Crippen molar-refractivity contribution in [3.05, 3.63) is 102 Å². The first kappa shape index (κ1) is 24.0. The molecule has 0 radical (unpaired) electrons. The lowest BCUT2D eigenvalue weighted by atomic mass is 9.91. The number of aryl methyl sites for hydroxylation is 2. The Morgan fingerprint density at radius 1 is 0.917 bits per heavy atom. The van der Waals surface area contributed by atoms with E-state index >= 15 is 0 Å². The van der Waals surface area contributed by atoms with E-state index in [-0.39, 0.29) is 6.04 Å². The average molecular weight is 478 g/mol. The number of hydrogen-bond donors (Lipinski definition) is 2. The number of fused-ring (bicyclic) bond motifs is 1. The fourth-order valence-corrected chi connectivity index (χ4v) is 5.13. The van der Waals surface area contributed by atoms with Crippen LogP contribution in [0.15, 0.2) is 79.4 Å². The normalized spacial score (nSPS) is 15.5. The molecule has 184 valence electrons. The summed E-state index contributed by atoms with van der Waals surface area (Å²) >= 11 is 0. The summed E-state index contributed by atoms with van der Waals surface area (Å²) in [6.45, 7) is 10.5. The standard InChI is InChI=1S/C31H35N5/c1-5-27(33-29-21(2)9-8-10-22(29)3)23-13-15-25(16-14-23)32-31-34-28-12-7-6-11-26(28)30(35-31)24-17-19-36(4)20-18-24/h5-16,24,27,33H,1,17-20H2,2-4H3,(H,32,34,35). The van der Waals surface area contributed by atoms with E-state index in [1.165, 1.54) is 16.5 Å². The molecule has 1 atom stereocenters. The summed E-state index contributed by atoms with van der Waals surface area (Å²) in [6, 6.07) is 23.2. The number of hydrogen-bond acceptors (Lipinski definition) is 5. The van der Waals surface area contributed by atoms with Gasteiger partial charge in [0.15, 0.2) is 0 Å². The SMILES string of the molecule is C=CC(Nc1c(C)cccc1C)c1ccc(Nc2nc(C3CCN(C)CC3)c3ccccc3n2)cc1. The lowest BCUT2D eigenvalue weighted by Gasteiger charge is -2.29. The van der Waals surface area contributed by atoms with Gasteiger partial charge in [-0.2, -0.15) is 0 Å². The van der Waals surface area contributed by atoms with Crippen LogP contribution in [0, 0.1) is 13.8 Å². The molecule has 2 heterocycles. The van der Waals surface area contributed by atoms with E-state index in [0.29, 0.717) is 11.9 Å². The molecule has 3 aromatic carbocycles. The van der Waals surface area contributed by atoms with Gasteiger partial charge in [-0.3, -0.25) is 0 Å². The predicted octanol–water partition coefficient (Wildman–Crippen LogP) is 7.14. The van der Waals surface area contributed by atoms with Gasteiger partial charge in [-0.15, -0.1) is 6.58 Å². The third-order valence-electron chi connectivity index (χ3n) is 7.28. The van der Waals surface area contributed by atoms with E-state index in [4.69, 9.17) is 9.97 Å². The van der Waals surface area contributed by atoms with Crippen LogP contribution in [0.5, 0.6) is 0 Å². The molecule has 0 amide bonds. The zero-order valence-corrected chi connectivity index (χ0v) is 21.5. The third kappa shape index (κ3) is 5.12. The van der Waals surface area contributed by atoms with Gasteiger partial charge >= 0.3 is 0 Å². The van der Waals surface area contributed by atoms with Crippen LogP contribution in [0.1, 0.15) is 47.2 Å². The van der Waals surface area contributed by atoms with Crippen LogP contribution in [-0.2, 0) is 0 Å². The zero-order chi connectivity index (χ0) is 25.1. The molecule has 1 aliphatic rings. The van der Waals surface area contributed by atoms with Gasteiger partial charge in [-0.1, -0.05) is 54.6 Å². The number of benzene rings is 3. The Bertz CT molecular complexity index is 1330. The van der Waals surface area contributed by atoms with E-state index in [2.05, 4.69) is 104 Å². The summed E-state index contributed by atoms with van der Waals surface area (Å²) in [6.07, 6.45) is 4.21. The highest BCUT2D eigenvalue weighted by Gasteiger charge is 2.22. The molecule has 4 aromatic rings. The minimum Gasteiger partial charge on any atom is -0.374 e. The lowest BCUT2D eigenvalue weighted by Crippen LogP contribution is -2.29. The molecular weight excluding hydrogens is 442 g/mol. The quantitative estimate of drug-likeness (QED) is 0.277.